The molecule has 49 heavy (non-hydrogen) atoms. The monoisotopic (exact) mass is 695 g/mol. The molecule has 2 aliphatic heterocycles. The van der Waals surface area contributed by atoms with Crippen molar-refractivity contribution in [2.24, 2.45) is 0 Å². The Kier molecular flexibility index (Phi) is 17.3. The normalized spacial score (nSPS) is 18.7. The third-order valence-corrected chi connectivity index (χ3v) is 7.84. The van der Waals surface area contributed by atoms with E-state index in [1.54, 1.807) is 21.0 Å². The molecule has 0 saturated carbocycles. The molecule has 0 bridgehead atoms. The van der Waals surface area contributed by atoms with Gasteiger partial charge in [-0.1, -0.05) is 0 Å². The van der Waals surface area contributed by atoms with Crippen LogP contribution in [0.2, 0.25) is 0 Å². The molecule has 274 valence electrons. The zero-order valence-corrected chi connectivity index (χ0v) is 28.5. The van der Waals surface area contributed by atoms with Crippen LogP contribution in [0.3, 0.4) is 0 Å². The number of hydrogen-bond acceptors (Lipinski definition) is 12. The molecule has 19 heteroatoms. The molecular formula is C30H49N9O10. The van der Waals surface area contributed by atoms with Crippen molar-refractivity contribution < 1.29 is 47.9 Å². The highest BCUT2D eigenvalue weighted by atomic mass is 16.5. The maximum atomic E-state index is 12.6. The number of nitrogens with one attached hydrogen (secondary N) is 7. The highest BCUT2D eigenvalue weighted by molar-refractivity contribution is 6.06. The van der Waals surface area contributed by atoms with Crippen LogP contribution in [0.25, 0.3) is 0 Å². The zero-order chi connectivity index (χ0) is 36.5. The first-order valence-electron chi connectivity index (χ1n) is 16.3. The molecule has 2 rings (SSSR count). The van der Waals surface area contributed by atoms with Gasteiger partial charge in [0.25, 0.3) is 0 Å². The van der Waals surface area contributed by atoms with Gasteiger partial charge in [-0.2, -0.15) is 0 Å². The first kappa shape index (κ1) is 40.7. The highest BCUT2D eigenvalue weighted by Crippen LogP contribution is 2.14. The van der Waals surface area contributed by atoms with E-state index in [1.165, 1.54) is 6.92 Å². The van der Waals surface area contributed by atoms with Gasteiger partial charge in [0.1, 0.15) is 6.10 Å². The lowest BCUT2D eigenvalue weighted by molar-refractivity contribution is -0.141. The SMILES string of the molecule is CCOC(C)C(=O)NC(CC(=O)NCCNC(=O)CCN1C(=O)CC(NC)C1=O)CC(=O)NCCNC(=O)CCN1C(=O)CC(NC)C1=O. The van der Waals surface area contributed by atoms with Gasteiger partial charge in [-0.3, -0.25) is 53.0 Å². The maximum absolute atomic E-state index is 12.6. The Morgan fingerprint density at radius 2 is 1.08 bits per heavy atom. The van der Waals surface area contributed by atoms with Crippen LogP contribution in [0.4, 0.5) is 0 Å². The molecule has 7 N–H and O–H groups in total. The highest BCUT2D eigenvalue weighted by Gasteiger charge is 2.38. The number of carbonyl (C=O) groups excluding carboxylic acids is 9. The Hall–Kier alpha value is -4.49. The zero-order valence-electron chi connectivity index (χ0n) is 28.5. The largest absolute Gasteiger partial charge is 0.369 e. The molecule has 3 atom stereocenters. The van der Waals surface area contributed by atoms with E-state index in [2.05, 4.69) is 37.2 Å². The van der Waals surface area contributed by atoms with Crippen molar-refractivity contribution in [2.75, 3.05) is 60.0 Å². The van der Waals surface area contributed by atoms with E-state index in [0.717, 1.165) is 9.80 Å². The van der Waals surface area contributed by atoms with Gasteiger partial charge in [-0.25, -0.2) is 0 Å². The topological polar surface area (TPSA) is 254 Å². The van der Waals surface area contributed by atoms with E-state index in [1.807, 2.05) is 0 Å². The first-order chi connectivity index (χ1) is 23.3. The minimum absolute atomic E-state index is 0.0433. The van der Waals surface area contributed by atoms with Crippen molar-refractivity contribution in [3.8, 4) is 0 Å². The summed E-state index contributed by atoms with van der Waals surface area (Å²) in [6.45, 7) is 3.65. The van der Waals surface area contributed by atoms with Crippen LogP contribution >= 0.6 is 0 Å². The summed E-state index contributed by atoms with van der Waals surface area (Å²) >= 11 is 0. The summed E-state index contributed by atoms with van der Waals surface area (Å²) in [5.74, 6) is -3.79. The average Bonchev–Trinajstić information content (AvgIpc) is 3.50. The van der Waals surface area contributed by atoms with E-state index in [0.29, 0.717) is 0 Å². The molecule has 3 unspecified atom stereocenters. The summed E-state index contributed by atoms with van der Waals surface area (Å²) in [7, 11) is 3.15. The van der Waals surface area contributed by atoms with Crippen LogP contribution in [0.1, 0.15) is 52.4 Å². The molecule has 0 spiro atoms. The molecule has 2 aliphatic rings. The van der Waals surface area contributed by atoms with Crippen molar-refractivity contribution in [3.05, 3.63) is 0 Å². The fourth-order valence-corrected chi connectivity index (χ4v) is 5.11. The van der Waals surface area contributed by atoms with E-state index in [4.69, 9.17) is 4.74 Å². The lowest BCUT2D eigenvalue weighted by Crippen LogP contribution is -2.47. The second kappa shape index (κ2) is 20.8. The van der Waals surface area contributed by atoms with E-state index in [9.17, 15) is 43.2 Å². The number of likely N-dealkylation sites (N-methyl/N-ethyl adjacent to an activating group) is 2. The Morgan fingerprint density at radius 3 is 1.43 bits per heavy atom. The molecule has 0 aliphatic carbocycles. The van der Waals surface area contributed by atoms with E-state index < -0.39 is 53.8 Å². The number of carbonyl (C=O) groups is 9. The standard InChI is InChI=1S/C30H49N9O10/c1-5-49-18(2)28(46)37-19(14-24(42)35-10-8-33-22(40)6-12-38-26(44)16-20(31-3)29(38)47)15-25(43)36-11-9-34-23(41)7-13-39-27(45)17-21(32-4)30(39)48/h18-21,31-32H,5-17H2,1-4H3,(H,33,40)(H,34,41)(H,35,42)(H,36,43)(H,37,46). The van der Waals surface area contributed by atoms with Gasteiger partial charge in [0.15, 0.2) is 0 Å². The van der Waals surface area contributed by atoms with Crippen LogP contribution in [0.5, 0.6) is 0 Å². The summed E-state index contributed by atoms with van der Waals surface area (Å²) in [5, 5.41) is 18.6. The van der Waals surface area contributed by atoms with Gasteiger partial charge in [0.2, 0.25) is 53.2 Å². The average molecular weight is 696 g/mol. The van der Waals surface area contributed by atoms with Crippen LogP contribution in [-0.4, -0.2) is 147 Å². The number of ether oxygens (including phenoxy) is 1. The number of likely N-dealkylation sites (tertiary alicyclic amines) is 2. The Labute approximate surface area is 284 Å². The van der Waals surface area contributed by atoms with Crippen molar-refractivity contribution in [2.45, 2.75) is 76.6 Å². The van der Waals surface area contributed by atoms with Crippen LogP contribution in [0, 0.1) is 0 Å². The lowest BCUT2D eigenvalue weighted by Gasteiger charge is -2.21. The minimum Gasteiger partial charge on any atom is -0.369 e. The molecule has 0 aromatic rings. The van der Waals surface area contributed by atoms with E-state index in [-0.39, 0.29) is 108 Å². The predicted octanol–water partition coefficient (Wildman–Crippen LogP) is -4.38. The Balaban J connectivity index is 1.73. The number of rotatable bonds is 22. The molecule has 19 nitrogen and oxygen atoms in total. The summed E-state index contributed by atoms with van der Waals surface area (Å²) in [5.41, 5.74) is 0. The minimum atomic E-state index is -0.895. The number of amides is 9. The Morgan fingerprint density at radius 1 is 0.694 bits per heavy atom. The second-order valence-corrected chi connectivity index (χ2v) is 11.5. The van der Waals surface area contributed by atoms with Gasteiger partial charge in [0, 0.05) is 77.6 Å². The van der Waals surface area contributed by atoms with Gasteiger partial charge in [-0.05, 0) is 27.9 Å². The maximum Gasteiger partial charge on any atom is 0.249 e. The summed E-state index contributed by atoms with van der Waals surface area (Å²) < 4.78 is 5.29. The molecule has 0 aromatic carbocycles. The number of nitrogens with zero attached hydrogens (tertiary/aromatic N) is 2. The summed E-state index contributed by atoms with van der Waals surface area (Å²) in [6, 6.07) is -2.08. The fourth-order valence-electron chi connectivity index (χ4n) is 5.11. The van der Waals surface area contributed by atoms with Crippen molar-refractivity contribution in [1.29, 1.82) is 0 Å². The van der Waals surface area contributed by atoms with Crippen molar-refractivity contribution in [3.63, 3.8) is 0 Å². The third kappa shape index (κ3) is 13.5. The quantitative estimate of drug-likeness (QED) is 0.0419. The number of imide groups is 2. The molecule has 2 fully saturated rings. The third-order valence-electron chi connectivity index (χ3n) is 7.84. The van der Waals surface area contributed by atoms with Gasteiger partial charge in [0.05, 0.1) is 24.9 Å². The fraction of sp³-hybridized carbons (Fsp3) is 0.700. The first-order valence-corrected chi connectivity index (χ1v) is 16.3. The molecule has 2 heterocycles. The van der Waals surface area contributed by atoms with Gasteiger partial charge < -0.3 is 42.0 Å². The molecule has 0 radical (unpaired) electrons. The van der Waals surface area contributed by atoms with Gasteiger partial charge in [-0.15, -0.1) is 0 Å². The van der Waals surface area contributed by atoms with E-state index >= 15 is 0 Å². The van der Waals surface area contributed by atoms with Crippen molar-refractivity contribution >= 4 is 53.2 Å². The predicted molar refractivity (Wildman–Crippen MR) is 172 cm³/mol. The summed E-state index contributed by atoms with van der Waals surface area (Å²) in [4.78, 5) is 112. The number of hydrogen-bond donors (Lipinski definition) is 7. The van der Waals surface area contributed by atoms with Crippen LogP contribution < -0.4 is 37.2 Å². The second-order valence-electron chi connectivity index (χ2n) is 11.5. The lowest BCUT2D eigenvalue weighted by atomic mass is 10.1. The molecule has 0 aromatic heterocycles. The molecule has 9 amide bonds. The van der Waals surface area contributed by atoms with Crippen LogP contribution in [0.15, 0.2) is 0 Å². The molecular weight excluding hydrogens is 646 g/mol. The molecule has 2 saturated heterocycles. The Bertz CT molecular complexity index is 1170. The van der Waals surface area contributed by atoms with Crippen molar-refractivity contribution in [1.82, 2.24) is 47.0 Å². The van der Waals surface area contributed by atoms with Gasteiger partial charge >= 0.3 is 0 Å². The summed E-state index contributed by atoms with van der Waals surface area (Å²) in [6.07, 6.45) is -1.43. The van der Waals surface area contributed by atoms with Crippen LogP contribution in [-0.2, 0) is 47.9 Å². The smallest absolute Gasteiger partial charge is 0.249 e.